The van der Waals surface area contributed by atoms with Gasteiger partial charge in [-0.1, -0.05) is 23.9 Å². The second kappa shape index (κ2) is 8.34. The van der Waals surface area contributed by atoms with E-state index in [4.69, 9.17) is 0 Å². The van der Waals surface area contributed by atoms with Crippen molar-refractivity contribution >= 4 is 23.4 Å². The van der Waals surface area contributed by atoms with Crippen molar-refractivity contribution in [1.82, 2.24) is 5.32 Å². The number of halogens is 2. The zero-order chi connectivity index (χ0) is 17.6. The van der Waals surface area contributed by atoms with Gasteiger partial charge in [-0.15, -0.1) is 0 Å². The molecule has 0 radical (unpaired) electrons. The molecule has 25 heavy (non-hydrogen) atoms. The molecule has 1 aliphatic rings. The summed E-state index contributed by atoms with van der Waals surface area (Å²) in [4.78, 5) is 15.0. The van der Waals surface area contributed by atoms with Crippen LogP contribution in [0.3, 0.4) is 0 Å². The van der Waals surface area contributed by atoms with E-state index in [1.165, 1.54) is 30.7 Å². The van der Waals surface area contributed by atoms with Crippen LogP contribution in [0.15, 0.2) is 53.4 Å². The lowest BCUT2D eigenvalue weighted by Crippen LogP contribution is -2.23. The standard InChI is InChI=1S/C19H20F2N2OS/c20-19(21)25-17-9-5-15(6-10-17)18(24)22-13-14-3-7-16(8-4-14)23-11-1-2-12-23/h3-10,19H,1-2,11-13H2,(H,22,24). The Kier molecular flexibility index (Phi) is 5.91. The molecular weight excluding hydrogens is 342 g/mol. The second-order valence-electron chi connectivity index (χ2n) is 5.95. The van der Waals surface area contributed by atoms with Crippen molar-refractivity contribution in [3.8, 4) is 0 Å². The zero-order valence-electron chi connectivity index (χ0n) is 13.8. The normalized spacial score (nSPS) is 14.1. The molecule has 6 heteroatoms. The summed E-state index contributed by atoms with van der Waals surface area (Å²) in [5.74, 6) is -2.67. The highest BCUT2D eigenvalue weighted by atomic mass is 32.2. The van der Waals surface area contributed by atoms with Gasteiger partial charge >= 0.3 is 0 Å². The SMILES string of the molecule is O=C(NCc1ccc(N2CCCC2)cc1)c1ccc(SC(F)F)cc1. The molecule has 3 rings (SSSR count). The van der Waals surface area contributed by atoms with Gasteiger partial charge in [-0.05, 0) is 54.8 Å². The number of carbonyl (C=O) groups excluding carboxylic acids is 1. The molecular formula is C19H20F2N2OS. The number of alkyl halides is 2. The molecule has 0 aliphatic carbocycles. The number of hydrogen-bond acceptors (Lipinski definition) is 3. The first-order chi connectivity index (χ1) is 12.1. The monoisotopic (exact) mass is 362 g/mol. The molecule has 1 fully saturated rings. The minimum Gasteiger partial charge on any atom is -0.372 e. The van der Waals surface area contributed by atoms with E-state index >= 15 is 0 Å². The Balaban J connectivity index is 1.53. The van der Waals surface area contributed by atoms with Gasteiger partial charge in [0.05, 0.1) is 0 Å². The molecule has 1 amide bonds. The summed E-state index contributed by atoms with van der Waals surface area (Å²) in [6.45, 7) is 2.65. The van der Waals surface area contributed by atoms with Gasteiger partial charge in [0.25, 0.3) is 11.7 Å². The maximum absolute atomic E-state index is 12.3. The molecule has 0 unspecified atom stereocenters. The maximum atomic E-state index is 12.3. The molecule has 0 atom stereocenters. The molecule has 3 nitrogen and oxygen atoms in total. The van der Waals surface area contributed by atoms with Gasteiger partial charge in [0.2, 0.25) is 0 Å². The predicted molar refractivity (Wildman–Crippen MR) is 97.4 cm³/mol. The predicted octanol–water partition coefficient (Wildman–Crippen LogP) is 4.53. The average Bonchev–Trinajstić information content (AvgIpc) is 3.15. The lowest BCUT2D eigenvalue weighted by molar-refractivity contribution is 0.0951. The molecule has 0 spiro atoms. The fourth-order valence-electron chi connectivity index (χ4n) is 2.87. The average molecular weight is 362 g/mol. The molecule has 2 aromatic rings. The fraction of sp³-hybridized carbons (Fsp3) is 0.316. The highest BCUT2D eigenvalue weighted by molar-refractivity contribution is 7.99. The van der Waals surface area contributed by atoms with Gasteiger partial charge in [-0.3, -0.25) is 4.79 Å². The molecule has 0 aromatic heterocycles. The second-order valence-corrected chi connectivity index (χ2v) is 7.01. The molecule has 2 aromatic carbocycles. The highest BCUT2D eigenvalue weighted by Gasteiger charge is 2.12. The van der Waals surface area contributed by atoms with Gasteiger partial charge in [0.1, 0.15) is 0 Å². The van der Waals surface area contributed by atoms with Crippen LogP contribution in [0.5, 0.6) is 0 Å². The fourth-order valence-corrected chi connectivity index (χ4v) is 3.37. The number of thioether (sulfide) groups is 1. The first-order valence-corrected chi connectivity index (χ1v) is 9.17. The Morgan fingerprint density at radius 2 is 1.68 bits per heavy atom. The summed E-state index contributed by atoms with van der Waals surface area (Å²) in [5, 5.41) is 2.86. The van der Waals surface area contributed by atoms with Crippen LogP contribution >= 0.6 is 11.8 Å². The van der Waals surface area contributed by atoms with E-state index in [9.17, 15) is 13.6 Å². The molecule has 1 heterocycles. The Morgan fingerprint density at radius 1 is 1.04 bits per heavy atom. The smallest absolute Gasteiger partial charge is 0.288 e. The Bertz CT molecular complexity index is 698. The molecule has 1 N–H and O–H groups in total. The van der Waals surface area contributed by atoms with Crippen LogP contribution < -0.4 is 10.2 Å². The van der Waals surface area contributed by atoms with Crippen LogP contribution in [0.4, 0.5) is 14.5 Å². The van der Waals surface area contributed by atoms with E-state index in [1.807, 2.05) is 12.1 Å². The Morgan fingerprint density at radius 3 is 2.28 bits per heavy atom. The van der Waals surface area contributed by atoms with E-state index in [1.54, 1.807) is 12.1 Å². The van der Waals surface area contributed by atoms with E-state index in [0.29, 0.717) is 28.8 Å². The topological polar surface area (TPSA) is 32.3 Å². The van der Waals surface area contributed by atoms with Gasteiger partial charge in [0.15, 0.2) is 0 Å². The summed E-state index contributed by atoms with van der Waals surface area (Å²) in [6, 6.07) is 14.4. The van der Waals surface area contributed by atoms with E-state index < -0.39 is 5.76 Å². The van der Waals surface area contributed by atoms with E-state index in [-0.39, 0.29) is 5.91 Å². The van der Waals surface area contributed by atoms with Crippen LogP contribution in [-0.2, 0) is 6.54 Å². The van der Waals surface area contributed by atoms with Crippen molar-refractivity contribution in [2.24, 2.45) is 0 Å². The summed E-state index contributed by atoms with van der Waals surface area (Å²) < 4.78 is 24.6. The number of amides is 1. The highest BCUT2D eigenvalue weighted by Crippen LogP contribution is 2.25. The number of rotatable bonds is 6. The van der Waals surface area contributed by atoms with Gasteiger partial charge in [0, 0.05) is 35.8 Å². The van der Waals surface area contributed by atoms with Crippen LogP contribution in [0.2, 0.25) is 0 Å². The van der Waals surface area contributed by atoms with Crippen molar-refractivity contribution in [2.45, 2.75) is 30.0 Å². The first-order valence-electron chi connectivity index (χ1n) is 8.29. The van der Waals surface area contributed by atoms with Crippen molar-refractivity contribution in [2.75, 3.05) is 18.0 Å². The zero-order valence-corrected chi connectivity index (χ0v) is 14.6. The van der Waals surface area contributed by atoms with Crippen LogP contribution in [-0.4, -0.2) is 24.8 Å². The van der Waals surface area contributed by atoms with Crippen LogP contribution in [0.25, 0.3) is 0 Å². The van der Waals surface area contributed by atoms with E-state index in [2.05, 4.69) is 22.3 Å². The minimum atomic E-state index is -2.46. The lowest BCUT2D eigenvalue weighted by Gasteiger charge is -2.17. The molecule has 1 aliphatic heterocycles. The summed E-state index contributed by atoms with van der Waals surface area (Å²) >= 11 is 0.472. The van der Waals surface area contributed by atoms with Crippen molar-refractivity contribution in [1.29, 1.82) is 0 Å². The first kappa shape index (κ1) is 17.7. The minimum absolute atomic E-state index is 0.211. The number of hydrogen-bond donors (Lipinski definition) is 1. The molecule has 132 valence electrons. The van der Waals surface area contributed by atoms with Crippen molar-refractivity contribution < 1.29 is 13.6 Å². The number of carbonyl (C=O) groups is 1. The van der Waals surface area contributed by atoms with Crippen molar-refractivity contribution in [3.05, 3.63) is 59.7 Å². The van der Waals surface area contributed by atoms with Gasteiger partial charge in [-0.2, -0.15) is 8.78 Å². The number of nitrogens with one attached hydrogen (secondary N) is 1. The summed E-state index contributed by atoms with van der Waals surface area (Å²) in [5.41, 5.74) is 2.72. The van der Waals surface area contributed by atoms with Gasteiger partial charge in [-0.25, -0.2) is 0 Å². The van der Waals surface area contributed by atoms with E-state index in [0.717, 1.165) is 18.7 Å². The number of benzene rings is 2. The number of anilines is 1. The van der Waals surface area contributed by atoms with Gasteiger partial charge < -0.3 is 10.2 Å². The Labute approximate surface area is 150 Å². The van der Waals surface area contributed by atoms with Crippen molar-refractivity contribution in [3.63, 3.8) is 0 Å². The number of nitrogens with zero attached hydrogens (tertiary/aromatic N) is 1. The lowest BCUT2D eigenvalue weighted by atomic mass is 10.1. The largest absolute Gasteiger partial charge is 0.372 e. The maximum Gasteiger partial charge on any atom is 0.288 e. The summed E-state index contributed by atoms with van der Waals surface area (Å²) in [7, 11) is 0. The summed E-state index contributed by atoms with van der Waals surface area (Å²) in [6.07, 6.45) is 2.48. The Hall–Kier alpha value is -2.08. The third-order valence-corrected chi connectivity index (χ3v) is 4.92. The molecule has 1 saturated heterocycles. The van der Waals surface area contributed by atoms with Crippen LogP contribution in [0, 0.1) is 0 Å². The third-order valence-electron chi connectivity index (χ3n) is 4.20. The quantitative estimate of drug-likeness (QED) is 0.766. The van der Waals surface area contributed by atoms with Crippen LogP contribution in [0.1, 0.15) is 28.8 Å². The molecule has 0 saturated carbocycles. The molecule has 0 bridgehead atoms. The third kappa shape index (κ3) is 4.95.